The van der Waals surface area contributed by atoms with Gasteiger partial charge in [0.2, 0.25) is 0 Å². The molecule has 7 nitrogen and oxygen atoms in total. The van der Waals surface area contributed by atoms with Crippen LogP contribution in [0.2, 0.25) is 0 Å². The summed E-state index contributed by atoms with van der Waals surface area (Å²) in [5.74, 6) is 0.612. The van der Waals surface area contributed by atoms with Crippen molar-refractivity contribution >= 4 is 27.5 Å². The Morgan fingerprint density at radius 3 is 2.23 bits per heavy atom. The van der Waals surface area contributed by atoms with Crippen molar-refractivity contribution in [2.45, 2.75) is 18.7 Å². The van der Waals surface area contributed by atoms with Crippen molar-refractivity contribution in [1.82, 2.24) is 0 Å². The van der Waals surface area contributed by atoms with Gasteiger partial charge in [-0.1, -0.05) is 0 Å². The Hall–Kier alpha value is -2.74. The van der Waals surface area contributed by atoms with Crippen LogP contribution < -0.4 is 14.4 Å². The van der Waals surface area contributed by atoms with Crippen LogP contribution >= 0.6 is 0 Å². The molecule has 1 N–H and O–H groups in total. The quantitative estimate of drug-likeness (QED) is 0.867. The fourth-order valence-corrected chi connectivity index (χ4v) is 4.51. The number of rotatable bonds is 5. The van der Waals surface area contributed by atoms with Crippen LogP contribution in [0, 0.1) is 13.8 Å². The van der Waals surface area contributed by atoms with Gasteiger partial charge in [-0.3, -0.25) is 9.62 Å². The van der Waals surface area contributed by atoms with Gasteiger partial charge in [0, 0.05) is 11.4 Å². The van der Waals surface area contributed by atoms with Crippen LogP contribution in [0.25, 0.3) is 0 Å². The molecule has 2 aromatic carbocycles. The molecule has 138 valence electrons. The Kier molecular flexibility index (Phi) is 4.78. The van der Waals surface area contributed by atoms with Crippen LogP contribution in [-0.2, 0) is 14.8 Å². The number of sulfonamides is 1. The average Bonchev–Trinajstić information content (AvgIpc) is 3.00. The van der Waals surface area contributed by atoms with E-state index >= 15 is 0 Å². The summed E-state index contributed by atoms with van der Waals surface area (Å²) in [6.45, 7) is 4.29. The molecule has 3 rings (SSSR count). The van der Waals surface area contributed by atoms with Gasteiger partial charge in [-0.05, 0) is 61.4 Å². The van der Waals surface area contributed by atoms with E-state index in [1.807, 2.05) is 0 Å². The van der Waals surface area contributed by atoms with Gasteiger partial charge in [-0.25, -0.2) is 13.2 Å². The van der Waals surface area contributed by atoms with E-state index < -0.39 is 16.1 Å². The summed E-state index contributed by atoms with van der Waals surface area (Å²) in [5.41, 5.74) is 2.28. The lowest BCUT2D eigenvalue weighted by atomic mass is 10.1. The predicted molar refractivity (Wildman–Crippen MR) is 98.4 cm³/mol. The first-order chi connectivity index (χ1) is 12.3. The highest BCUT2D eigenvalue weighted by atomic mass is 32.2. The van der Waals surface area contributed by atoms with Crippen molar-refractivity contribution in [1.29, 1.82) is 0 Å². The predicted octanol–water partition coefficient (Wildman–Crippen LogP) is 3.07. The zero-order valence-corrected chi connectivity index (χ0v) is 15.6. The van der Waals surface area contributed by atoms with E-state index in [1.54, 1.807) is 57.4 Å². The minimum Gasteiger partial charge on any atom is -0.497 e. The van der Waals surface area contributed by atoms with Gasteiger partial charge >= 0.3 is 6.09 Å². The van der Waals surface area contributed by atoms with E-state index in [9.17, 15) is 13.2 Å². The van der Waals surface area contributed by atoms with Crippen molar-refractivity contribution in [3.8, 4) is 5.75 Å². The molecule has 1 aliphatic heterocycles. The zero-order valence-electron chi connectivity index (χ0n) is 14.8. The summed E-state index contributed by atoms with van der Waals surface area (Å²) in [6.07, 6.45) is -0.400. The Bertz CT molecular complexity index is 916. The van der Waals surface area contributed by atoms with Gasteiger partial charge in [0.25, 0.3) is 10.0 Å². The standard InChI is InChI=1S/C18H20N2O5S/c1-12-10-16(24-3)11-13(2)17(12)26(22,23)19-14-4-6-15(7-5-14)20-8-9-25-18(20)21/h4-7,10-11,19H,8-9H2,1-3H3. The molecule has 0 bridgehead atoms. The second-order valence-electron chi connectivity index (χ2n) is 6.01. The van der Waals surface area contributed by atoms with Crippen molar-refractivity contribution in [3.05, 3.63) is 47.5 Å². The van der Waals surface area contributed by atoms with E-state index in [0.717, 1.165) is 0 Å². The van der Waals surface area contributed by atoms with Crippen molar-refractivity contribution in [2.75, 3.05) is 29.9 Å². The van der Waals surface area contributed by atoms with E-state index in [4.69, 9.17) is 9.47 Å². The summed E-state index contributed by atoms with van der Waals surface area (Å²) in [4.78, 5) is 13.3. The van der Waals surface area contributed by atoms with Crippen molar-refractivity contribution in [2.24, 2.45) is 0 Å². The second kappa shape index (κ2) is 6.87. The number of hydrogen-bond acceptors (Lipinski definition) is 5. The Morgan fingerprint density at radius 1 is 1.12 bits per heavy atom. The molecule has 1 saturated heterocycles. The molecule has 0 saturated carbocycles. The first-order valence-electron chi connectivity index (χ1n) is 8.04. The summed E-state index contributed by atoms with van der Waals surface area (Å²) in [6, 6.07) is 9.96. The molecule has 1 heterocycles. The first-order valence-corrected chi connectivity index (χ1v) is 9.52. The average molecular weight is 376 g/mol. The highest BCUT2D eigenvalue weighted by Gasteiger charge is 2.24. The molecule has 0 aromatic heterocycles. The first kappa shape index (κ1) is 18.1. The molecule has 8 heteroatoms. The number of hydrogen-bond donors (Lipinski definition) is 1. The normalized spacial score (nSPS) is 14.3. The molecular formula is C18H20N2O5S. The highest BCUT2D eigenvalue weighted by Crippen LogP contribution is 2.28. The van der Waals surface area contributed by atoms with Gasteiger partial charge in [-0.2, -0.15) is 0 Å². The molecule has 26 heavy (non-hydrogen) atoms. The third-order valence-corrected chi connectivity index (χ3v) is 5.82. The van der Waals surface area contributed by atoms with Crippen LogP contribution in [0.15, 0.2) is 41.3 Å². The van der Waals surface area contributed by atoms with Crippen LogP contribution in [0.4, 0.5) is 16.2 Å². The second-order valence-corrected chi connectivity index (χ2v) is 7.63. The van der Waals surface area contributed by atoms with E-state index in [0.29, 0.717) is 41.4 Å². The summed E-state index contributed by atoms with van der Waals surface area (Å²) < 4.78 is 38.3. The van der Waals surface area contributed by atoms with Crippen molar-refractivity contribution < 1.29 is 22.7 Å². The summed E-state index contributed by atoms with van der Waals surface area (Å²) in [7, 11) is -2.21. The monoisotopic (exact) mass is 376 g/mol. The number of ether oxygens (including phenoxy) is 2. The van der Waals surface area contributed by atoms with Crippen LogP contribution in [0.3, 0.4) is 0 Å². The van der Waals surface area contributed by atoms with E-state index in [1.165, 1.54) is 4.90 Å². The number of cyclic esters (lactones) is 1. The van der Waals surface area contributed by atoms with Gasteiger partial charge in [0.05, 0.1) is 18.6 Å². The molecule has 0 aliphatic carbocycles. The van der Waals surface area contributed by atoms with E-state index in [2.05, 4.69) is 4.72 Å². The number of methoxy groups -OCH3 is 1. The molecule has 0 radical (unpaired) electrons. The topological polar surface area (TPSA) is 84.9 Å². The maximum Gasteiger partial charge on any atom is 0.414 e. The molecule has 0 spiro atoms. The minimum atomic E-state index is -3.75. The number of carbonyl (C=O) groups excluding carboxylic acids is 1. The fraction of sp³-hybridized carbons (Fsp3) is 0.278. The lowest BCUT2D eigenvalue weighted by Crippen LogP contribution is -2.23. The molecule has 1 aliphatic rings. The third kappa shape index (κ3) is 3.45. The number of nitrogens with zero attached hydrogens (tertiary/aromatic N) is 1. The Balaban J connectivity index is 1.85. The Labute approximate surface area is 152 Å². The van der Waals surface area contributed by atoms with Gasteiger partial charge < -0.3 is 9.47 Å². The maximum absolute atomic E-state index is 12.8. The Morgan fingerprint density at radius 2 is 1.73 bits per heavy atom. The summed E-state index contributed by atoms with van der Waals surface area (Å²) in [5, 5.41) is 0. The highest BCUT2D eigenvalue weighted by molar-refractivity contribution is 7.92. The van der Waals surface area contributed by atoms with E-state index in [-0.39, 0.29) is 4.90 Å². The molecule has 1 fully saturated rings. The van der Waals surface area contributed by atoms with Crippen molar-refractivity contribution in [3.63, 3.8) is 0 Å². The number of anilines is 2. The van der Waals surface area contributed by atoms with Crippen LogP contribution in [0.5, 0.6) is 5.75 Å². The maximum atomic E-state index is 12.8. The largest absolute Gasteiger partial charge is 0.497 e. The fourth-order valence-electron chi connectivity index (χ4n) is 3.00. The number of aryl methyl sites for hydroxylation is 2. The number of carbonyl (C=O) groups is 1. The van der Waals surface area contributed by atoms with Gasteiger partial charge in [0.15, 0.2) is 0 Å². The summed E-state index contributed by atoms with van der Waals surface area (Å²) >= 11 is 0. The van der Waals surface area contributed by atoms with Crippen LogP contribution in [-0.4, -0.2) is 34.8 Å². The van der Waals surface area contributed by atoms with Crippen LogP contribution in [0.1, 0.15) is 11.1 Å². The molecule has 0 unspecified atom stereocenters. The molecule has 0 atom stereocenters. The molecular weight excluding hydrogens is 356 g/mol. The zero-order chi connectivity index (χ0) is 18.9. The van der Waals surface area contributed by atoms with Gasteiger partial charge in [-0.15, -0.1) is 0 Å². The number of nitrogens with one attached hydrogen (secondary N) is 1. The van der Waals surface area contributed by atoms with Gasteiger partial charge in [0.1, 0.15) is 12.4 Å². The number of amides is 1. The smallest absolute Gasteiger partial charge is 0.414 e. The number of benzene rings is 2. The molecule has 2 aromatic rings. The SMILES string of the molecule is COc1cc(C)c(S(=O)(=O)Nc2ccc(N3CCOC3=O)cc2)c(C)c1. The molecule has 1 amide bonds. The minimum absolute atomic E-state index is 0.227. The third-order valence-electron chi connectivity index (χ3n) is 4.13. The lowest BCUT2D eigenvalue weighted by Gasteiger charge is -2.16. The lowest BCUT2D eigenvalue weighted by molar-refractivity contribution is 0.181.